The van der Waals surface area contributed by atoms with Crippen LogP contribution in [0.4, 0.5) is 4.79 Å². The minimum absolute atomic E-state index is 0.121. The summed E-state index contributed by atoms with van der Waals surface area (Å²) in [5.74, 6) is -0.727. The molecule has 0 bridgehead atoms. The Morgan fingerprint density at radius 1 is 1.34 bits per heavy atom. The van der Waals surface area contributed by atoms with Crippen LogP contribution in [0.15, 0.2) is 21.9 Å². The number of methoxy groups -OCH3 is 1. The molecule has 1 aromatic heterocycles. The lowest BCUT2D eigenvalue weighted by Crippen LogP contribution is -2.57. The van der Waals surface area contributed by atoms with Gasteiger partial charge in [-0.25, -0.2) is 18.9 Å². The van der Waals surface area contributed by atoms with Crippen LogP contribution in [0.25, 0.3) is 0 Å². The molecule has 3 heterocycles. The monoisotopic (exact) mass is 518 g/mol. The number of hydrogen-bond donors (Lipinski definition) is 3. The number of alkyl carbamates (subject to hydrolysis) is 1. The van der Waals surface area contributed by atoms with Crippen molar-refractivity contribution in [1.29, 1.82) is 0 Å². The van der Waals surface area contributed by atoms with Gasteiger partial charge in [0.1, 0.15) is 18.2 Å². The molecule has 2 saturated heterocycles. The maximum absolute atomic E-state index is 13.1. The van der Waals surface area contributed by atoms with E-state index >= 15 is 0 Å². The van der Waals surface area contributed by atoms with Gasteiger partial charge in [0, 0.05) is 18.7 Å². The number of aromatic amines is 1. The highest BCUT2D eigenvalue weighted by atomic mass is 31.2. The van der Waals surface area contributed by atoms with Crippen LogP contribution in [-0.4, -0.2) is 70.8 Å². The summed E-state index contributed by atoms with van der Waals surface area (Å²) in [5.41, 5.74) is 2.43. The largest absolute Gasteiger partial charge is 0.476 e. The van der Waals surface area contributed by atoms with E-state index in [1.807, 2.05) is 0 Å². The van der Waals surface area contributed by atoms with Crippen LogP contribution in [0.3, 0.4) is 0 Å². The fraction of sp³-hybridized carbons (Fsp3) is 0.684. The molecule has 16 heteroatoms. The molecule has 1 aromatic rings. The zero-order valence-electron chi connectivity index (χ0n) is 19.4. The van der Waals surface area contributed by atoms with Gasteiger partial charge in [-0.2, -0.15) is 0 Å². The van der Waals surface area contributed by atoms with Crippen molar-refractivity contribution in [3.8, 4) is 0 Å². The molecule has 7 atom stereocenters. The first-order chi connectivity index (χ1) is 16.3. The van der Waals surface area contributed by atoms with E-state index in [0.29, 0.717) is 0 Å². The number of nitrogens with zero attached hydrogens (tertiary/aromatic N) is 1. The van der Waals surface area contributed by atoms with E-state index in [-0.39, 0.29) is 13.0 Å². The third-order valence-corrected chi connectivity index (χ3v) is 7.53. The molecular formula is C19H27N4O11P. The number of esters is 1. The molecule has 194 valence electrons. The fourth-order valence-electron chi connectivity index (χ4n) is 4.32. The first-order valence-corrected chi connectivity index (χ1v) is 12.2. The van der Waals surface area contributed by atoms with Gasteiger partial charge in [-0.1, -0.05) is 0 Å². The Hall–Kier alpha value is -2.55. The number of H-pyrrole nitrogens is 1. The van der Waals surface area contributed by atoms with Gasteiger partial charge < -0.3 is 25.3 Å². The van der Waals surface area contributed by atoms with Crippen molar-refractivity contribution in [1.82, 2.24) is 14.9 Å². The maximum atomic E-state index is 13.1. The normalized spacial score (nSPS) is 35.8. The topological polar surface area (TPSA) is 199 Å². The smallest absolute Gasteiger partial charge is 0.461 e. The molecule has 3 fully saturated rings. The van der Waals surface area contributed by atoms with E-state index in [1.54, 1.807) is 20.8 Å². The summed E-state index contributed by atoms with van der Waals surface area (Å²) < 4.78 is 46.2. The fourth-order valence-corrected chi connectivity index (χ4v) is 6.12. The lowest BCUT2D eigenvalue weighted by molar-refractivity contribution is -0.150. The first-order valence-electron chi connectivity index (χ1n) is 10.8. The number of carbonyl (C=O) groups is 2. The Kier molecular flexibility index (Phi) is 6.45. The molecule has 15 nitrogen and oxygen atoms in total. The van der Waals surface area contributed by atoms with Gasteiger partial charge in [0.2, 0.25) is 0 Å². The van der Waals surface area contributed by atoms with E-state index < -0.39 is 72.9 Å². The van der Waals surface area contributed by atoms with Crippen molar-refractivity contribution in [2.24, 2.45) is 5.73 Å². The zero-order valence-corrected chi connectivity index (χ0v) is 20.3. The number of rotatable bonds is 8. The number of hydrogen-bond acceptors (Lipinski definition) is 12. The number of aromatic nitrogens is 2. The Balaban J connectivity index is 1.42. The van der Waals surface area contributed by atoms with E-state index in [2.05, 4.69) is 15.0 Å². The second-order valence-corrected chi connectivity index (χ2v) is 10.4. The molecule has 4 rings (SSSR count). The zero-order chi connectivity index (χ0) is 25.8. The second kappa shape index (κ2) is 8.84. The summed E-state index contributed by atoms with van der Waals surface area (Å²) in [6.45, 7) is 4.53. The minimum Gasteiger partial charge on any atom is -0.461 e. The summed E-state index contributed by atoms with van der Waals surface area (Å²) in [6.07, 6.45) is -2.74. The molecule has 4 N–H and O–H groups in total. The van der Waals surface area contributed by atoms with Gasteiger partial charge in [0.05, 0.1) is 25.4 Å². The maximum Gasteiger partial charge on any atom is 0.476 e. The van der Waals surface area contributed by atoms with Crippen LogP contribution in [0.1, 0.15) is 33.4 Å². The summed E-state index contributed by atoms with van der Waals surface area (Å²) in [7, 11) is -2.99. The number of phosphoric acid groups is 1. The first kappa shape index (κ1) is 25.5. The van der Waals surface area contributed by atoms with Crippen molar-refractivity contribution < 1.29 is 41.9 Å². The summed E-state index contributed by atoms with van der Waals surface area (Å²) in [4.78, 5) is 49.6. The number of nitrogens with two attached hydrogens (primary N) is 1. The van der Waals surface area contributed by atoms with Crippen molar-refractivity contribution >= 4 is 19.9 Å². The van der Waals surface area contributed by atoms with Crippen LogP contribution in [0.5, 0.6) is 0 Å². The molecule has 1 amide bonds. The Morgan fingerprint density at radius 3 is 2.69 bits per heavy atom. The highest BCUT2D eigenvalue weighted by Gasteiger charge is 2.89. The molecule has 0 radical (unpaired) electrons. The van der Waals surface area contributed by atoms with Crippen LogP contribution in [0, 0.1) is 0 Å². The van der Waals surface area contributed by atoms with Gasteiger partial charge in [-0.3, -0.25) is 27.9 Å². The Bertz CT molecular complexity index is 1180. The number of nitrogens with one attached hydrogen (secondary N) is 2. The van der Waals surface area contributed by atoms with E-state index in [0.717, 1.165) is 17.7 Å². The number of amides is 1. The molecule has 3 aliphatic rings. The third-order valence-electron chi connectivity index (χ3n) is 6.02. The lowest BCUT2D eigenvalue weighted by atomic mass is 9.92. The standard InChI is InChI=1S/C19H27N4O11P/c1-9(2)31-14(25)10(21-17(27)29-4)6-8-30-35(28)33-13-12-19(13,34-35)18(3,20)15(32-12)23-7-5-11(24)22-16(23)26/h5,7,9-10,12-13,15H,6,8,20H2,1-4H3,(H,21,27)(H,22,24,26)/t10-,12+,13?,15+,18-,19-,35+/m0/s1. The van der Waals surface area contributed by atoms with Crippen molar-refractivity contribution in [3.05, 3.63) is 33.1 Å². The highest BCUT2D eigenvalue weighted by Crippen LogP contribution is 2.77. The predicted octanol–water partition coefficient (Wildman–Crippen LogP) is -0.490. The average molecular weight is 518 g/mol. The van der Waals surface area contributed by atoms with Crippen LogP contribution >= 0.6 is 7.82 Å². The van der Waals surface area contributed by atoms with Crippen molar-refractivity contribution in [2.45, 2.75) is 68.9 Å². The van der Waals surface area contributed by atoms with Gasteiger partial charge in [0.25, 0.3) is 5.56 Å². The average Bonchev–Trinajstić information content (AvgIpc) is 3.08. The second-order valence-electron chi connectivity index (χ2n) is 8.86. The van der Waals surface area contributed by atoms with E-state index in [4.69, 9.17) is 28.8 Å². The molecule has 0 aromatic carbocycles. The number of ether oxygens (including phenoxy) is 3. The lowest BCUT2D eigenvalue weighted by Gasteiger charge is -2.33. The molecule has 1 aliphatic carbocycles. The van der Waals surface area contributed by atoms with Gasteiger partial charge >= 0.3 is 25.6 Å². The summed E-state index contributed by atoms with van der Waals surface area (Å²) >= 11 is 0. The number of fused-ring (bicyclic) bond motifs is 1. The van der Waals surface area contributed by atoms with Crippen LogP contribution in [0.2, 0.25) is 0 Å². The number of phosphoric ester groups is 1. The SMILES string of the molecule is COC(=O)N[C@@H](CCO[P@]1(=O)OC2[C@H]3O[C@@H](n4ccc(=O)[nH]c4=O)[C@](C)(N)[C@@]23O1)C(=O)OC(C)C. The molecule has 2 aliphatic heterocycles. The summed E-state index contributed by atoms with van der Waals surface area (Å²) in [6, 6.07) is 0.00815. The van der Waals surface area contributed by atoms with E-state index in [9.17, 15) is 23.7 Å². The molecule has 1 unspecified atom stereocenters. The molecule has 1 spiro atoms. The van der Waals surface area contributed by atoms with Crippen LogP contribution in [-0.2, 0) is 37.1 Å². The van der Waals surface area contributed by atoms with E-state index in [1.165, 1.54) is 6.20 Å². The van der Waals surface area contributed by atoms with Crippen LogP contribution < -0.4 is 22.3 Å². The molecule has 1 saturated carbocycles. The van der Waals surface area contributed by atoms with Gasteiger partial charge in [-0.05, 0) is 20.8 Å². The summed E-state index contributed by atoms with van der Waals surface area (Å²) in [5, 5.41) is 2.32. The molecular weight excluding hydrogens is 491 g/mol. The Morgan fingerprint density at radius 2 is 2.06 bits per heavy atom. The quantitative estimate of drug-likeness (QED) is 0.295. The minimum atomic E-state index is -4.13. The molecule has 35 heavy (non-hydrogen) atoms. The third kappa shape index (κ3) is 4.32. The van der Waals surface area contributed by atoms with Crippen molar-refractivity contribution in [2.75, 3.05) is 13.7 Å². The highest BCUT2D eigenvalue weighted by molar-refractivity contribution is 7.48. The van der Waals surface area contributed by atoms with Crippen molar-refractivity contribution in [3.63, 3.8) is 0 Å². The Labute approximate surface area is 198 Å². The predicted molar refractivity (Wildman–Crippen MR) is 115 cm³/mol. The van der Waals surface area contributed by atoms with Gasteiger partial charge in [-0.15, -0.1) is 0 Å². The number of carbonyl (C=O) groups excluding carboxylic acids is 2. The van der Waals surface area contributed by atoms with Gasteiger partial charge in [0.15, 0.2) is 11.8 Å².